The van der Waals surface area contributed by atoms with Crippen LogP contribution in [0.25, 0.3) is 0 Å². The summed E-state index contributed by atoms with van der Waals surface area (Å²) in [6.07, 6.45) is -0.965. The van der Waals surface area contributed by atoms with Crippen LogP contribution in [0.3, 0.4) is 0 Å². The van der Waals surface area contributed by atoms with Crippen molar-refractivity contribution in [1.29, 1.82) is 0 Å². The number of cyclic esters (lactones) is 1. The average molecular weight is 241 g/mol. The average Bonchev–Trinajstić information content (AvgIpc) is 2.58. The monoisotopic (exact) mass is 241 g/mol. The molecule has 2 rings (SSSR count). The lowest BCUT2D eigenvalue weighted by atomic mass is 10.0. The number of halogens is 2. The fraction of sp³-hybridized carbons (Fsp3) is 0.417. The van der Waals surface area contributed by atoms with Crippen molar-refractivity contribution in [3.05, 3.63) is 35.4 Å². The first-order valence-corrected chi connectivity index (χ1v) is 5.46. The summed E-state index contributed by atoms with van der Waals surface area (Å²) in [7, 11) is 0. The topological polar surface area (TPSA) is 29.5 Å². The summed E-state index contributed by atoms with van der Waals surface area (Å²) in [5.41, 5.74) is 0.473. The van der Waals surface area contributed by atoms with E-state index in [-0.39, 0.29) is 6.04 Å². The van der Waals surface area contributed by atoms with Crippen molar-refractivity contribution < 1.29 is 18.3 Å². The molecule has 17 heavy (non-hydrogen) atoms. The molecule has 0 aromatic heterocycles. The first-order chi connectivity index (χ1) is 8.04. The Balaban J connectivity index is 2.29. The molecule has 5 heteroatoms. The predicted octanol–water partition coefficient (Wildman–Crippen LogP) is 2.87. The first-order valence-electron chi connectivity index (χ1n) is 5.46. The number of likely N-dealkylation sites (N-methyl/N-ethyl adjacent to an activating group) is 1. The van der Waals surface area contributed by atoms with Gasteiger partial charge in [-0.1, -0.05) is 6.07 Å². The third kappa shape index (κ3) is 1.97. The van der Waals surface area contributed by atoms with E-state index in [4.69, 9.17) is 4.74 Å². The minimum Gasteiger partial charge on any atom is -0.439 e. The maximum Gasteiger partial charge on any atom is 0.410 e. The van der Waals surface area contributed by atoms with E-state index >= 15 is 0 Å². The number of benzene rings is 1. The van der Waals surface area contributed by atoms with Crippen LogP contribution < -0.4 is 0 Å². The number of hydrogen-bond acceptors (Lipinski definition) is 2. The quantitative estimate of drug-likeness (QED) is 0.796. The molecule has 1 saturated heterocycles. The number of amides is 1. The van der Waals surface area contributed by atoms with Gasteiger partial charge < -0.3 is 9.64 Å². The summed E-state index contributed by atoms with van der Waals surface area (Å²) in [5.74, 6) is -1.83. The van der Waals surface area contributed by atoms with E-state index in [0.29, 0.717) is 12.1 Å². The summed E-state index contributed by atoms with van der Waals surface area (Å²) in [5, 5.41) is 0. The number of nitrogens with zero attached hydrogens (tertiary/aromatic N) is 1. The molecule has 2 atom stereocenters. The lowest BCUT2D eigenvalue weighted by Gasteiger charge is -2.19. The molecule has 1 fully saturated rings. The van der Waals surface area contributed by atoms with Gasteiger partial charge in [-0.2, -0.15) is 0 Å². The highest BCUT2D eigenvalue weighted by atomic mass is 19.2. The number of carbonyl (C=O) groups excluding carboxylic acids is 1. The predicted molar refractivity (Wildman–Crippen MR) is 57.4 cm³/mol. The van der Waals surface area contributed by atoms with Gasteiger partial charge in [-0.25, -0.2) is 13.6 Å². The lowest BCUT2D eigenvalue weighted by Crippen LogP contribution is -2.31. The van der Waals surface area contributed by atoms with E-state index in [2.05, 4.69) is 0 Å². The molecule has 1 aromatic carbocycles. The zero-order valence-electron chi connectivity index (χ0n) is 9.61. The highest BCUT2D eigenvalue weighted by molar-refractivity contribution is 5.71. The molecule has 0 radical (unpaired) electrons. The SMILES string of the molecule is CCN1C(=O)O[C@H](c2ccc(F)c(F)c2)[C@@H]1C. The number of rotatable bonds is 2. The Hall–Kier alpha value is -1.65. The summed E-state index contributed by atoms with van der Waals surface area (Å²) in [4.78, 5) is 13.0. The van der Waals surface area contributed by atoms with Gasteiger partial charge in [-0.3, -0.25) is 0 Å². The highest BCUT2D eigenvalue weighted by Gasteiger charge is 2.38. The lowest BCUT2D eigenvalue weighted by molar-refractivity contribution is 0.130. The molecule has 1 aliphatic rings. The fourth-order valence-electron chi connectivity index (χ4n) is 2.06. The minimum atomic E-state index is -0.930. The Bertz CT molecular complexity index is 450. The van der Waals surface area contributed by atoms with Crippen molar-refractivity contribution in [1.82, 2.24) is 4.90 Å². The van der Waals surface area contributed by atoms with E-state index < -0.39 is 23.8 Å². The highest BCUT2D eigenvalue weighted by Crippen LogP contribution is 2.32. The molecular formula is C12H13F2NO2. The van der Waals surface area contributed by atoms with Crippen LogP contribution in [-0.2, 0) is 4.74 Å². The molecule has 0 N–H and O–H groups in total. The second-order valence-electron chi connectivity index (χ2n) is 4.00. The summed E-state index contributed by atoms with van der Waals surface area (Å²) in [6, 6.07) is 3.37. The molecule has 0 spiro atoms. The maximum atomic E-state index is 13.1. The van der Waals surface area contributed by atoms with Gasteiger partial charge in [-0.15, -0.1) is 0 Å². The van der Waals surface area contributed by atoms with E-state index in [9.17, 15) is 13.6 Å². The number of carbonyl (C=O) groups is 1. The van der Waals surface area contributed by atoms with Crippen LogP contribution in [0.5, 0.6) is 0 Å². The van der Waals surface area contributed by atoms with Gasteiger partial charge in [0.1, 0.15) is 6.10 Å². The molecule has 1 amide bonds. The summed E-state index contributed by atoms with van der Waals surface area (Å²) >= 11 is 0. The Morgan fingerprint density at radius 2 is 2.06 bits per heavy atom. The van der Waals surface area contributed by atoms with E-state index in [0.717, 1.165) is 12.1 Å². The van der Waals surface area contributed by atoms with Crippen LogP contribution in [-0.4, -0.2) is 23.6 Å². The smallest absolute Gasteiger partial charge is 0.410 e. The maximum absolute atomic E-state index is 13.1. The minimum absolute atomic E-state index is 0.183. The van der Waals surface area contributed by atoms with E-state index in [1.165, 1.54) is 6.07 Å². The van der Waals surface area contributed by atoms with Gasteiger partial charge in [0.25, 0.3) is 0 Å². The van der Waals surface area contributed by atoms with Crippen molar-refractivity contribution in [2.24, 2.45) is 0 Å². The first kappa shape index (κ1) is 11.8. The molecule has 0 bridgehead atoms. The Morgan fingerprint density at radius 1 is 1.35 bits per heavy atom. The van der Waals surface area contributed by atoms with Crippen LogP contribution in [0.1, 0.15) is 25.5 Å². The van der Waals surface area contributed by atoms with Gasteiger partial charge in [0, 0.05) is 6.54 Å². The second-order valence-corrected chi connectivity index (χ2v) is 4.00. The van der Waals surface area contributed by atoms with Crippen molar-refractivity contribution >= 4 is 6.09 Å². The van der Waals surface area contributed by atoms with Gasteiger partial charge >= 0.3 is 6.09 Å². The third-order valence-corrected chi connectivity index (χ3v) is 3.00. The van der Waals surface area contributed by atoms with Gasteiger partial charge in [0.15, 0.2) is 11.6 Å². The molecule has 0 unspecified atom stereocenters. The zero-order chi connectivity index (χ0) is 12.6. The van der Waals surface area contributed by atoms with Crippen LogP contribution in [0.4, 0.5) is 13.6 Å². The van der Waals surface area contributed by atoms with Gasteiger partial charge in [-0.05, 0) is 31.5 Å². The normalized spacial score (nSPS) is 24.0. The van der Waals surface area contributed by atoms with Crippen molar-refractivity contribution in [3.8, 4) is 0 Å². The van der Waals surface area contributed by atoms with Crippen LogP contribution in [0.2, 0.25) is 0 Å². The van der Waals surface area contributed by atoms with Crippen molar-refractivity contribution in [3.63, 3.8) is 0 Å². The number of hydrogen-bond donors (Lipinski definition) is 0. The Morgan fingerprint density at radius 3 is 2.59 bits per heavy atom. The van der Waals surface area contributed by atoms with Crippen LogP contribution in [0.15, 0.2) is 18.2 Å². The van der Waals surface area contributed by atoms with E-state index in [1.807, 2.05) is 13.8 Å². The molecule has 92 valence electrons. The number of ether oxygens (including phenoxy) is 1. The Kier molecular flexibility index (Phi) is 3.00. The van der Waals surface area contributed by atoms with Crippen LogP contribution >= 0.6 is 0 Å². The van der Waals surface area contributed by atoms with Crippen LogP contribution in [0, 0.1) is 11.6 Å². The molecule has 1 aliphatic heterocycles. The molecule has 0 saturated carbocycles. The Labute approximate surface area is 98.0 Å². The van der Waals surface area contributed by atoms with E-state index in [1.54, 1.807) is 4.90 Å². The fourth-order valence-corrected chi connectivity index (χ4v) is 2.06. The standard InChI is InChI=1S/C12H13F2NO2/c1-3-15-7(2)11(17-12(15)16)8-4-5-9(13)10(14)6-8/h4-7,11H,3H2,1-2H3/t7-,11-/m0/s1. The molecular weight excluding hydrogens is 228 g/mol. The summed E-state index contributed by atoms with van der Waals surface area (Å²) < 4.78 is 31.1. The zero-order valence-corrected chi connectivity index (χ0v) is 9.61. The molecule has 1 aromatic rings. The molecule has 3 nitrogen and oxygen atoms in total. The van der Waals surface area contributed by atoms with Crippen molar-refractivity contribution in [2.75, 3.05) is 6.54 Å². The largest absolute Gasteiger partial charge is 0.439 e. The van der Waals surface area contributed by atoms with Crippen molar-refractivity contribution in [2.45, 2.75) is 26.0 Å². The van der Waals surface area contributed by atoms with Gasteiger partial charge in [0.2, 0.25) is 0 Å². The van der Waals surface area contributed by atoms with Gasteiger partial charge in [0.05, 0.1) is 6.04 Å². The molecule has 1 heterocycles. The third-order valence-electron chi connectivity index (χ3n) is 3.00. The summed E-state index contributed by atoms with van der Waals surface area (Å²) in [6.45, 7) is 4.19. The second kappa shape index (κ2) is 4.31. The molecule has 0 aliphatic carbocycles.